The lowest BCUT2D eigenvalue weighted by Crippen LogP contribution is -2.42. The third-order valence-electron chi connectivity index (χ3n) is 4.88. The number of carboxylic acid groups (broad SMARTS) is 1. The summed E-state index contributed by atoms with van der Waals surface area (Å²) in [6.45, 7) is 0. The van der Waals surface area contributed by atoms with E-state index in [0.29, 0.717) is 33.9 Å². The van der Waals surface area contributed by atoms with Gasteiger partial charge < -0.3 is 19.6 Å². The molecule has 0 fully saturated rings. The van der Waals surface area contributed by atoms with Crippen molar-refractivity contribution in [1.29, 1.82) is 0 Å². The summed E-state index contributed by atoms with van der Waals surface area (Å²) in [5, 5.41) is 12.1. The first-order valence-corrected chi connectivity index (χ1v) is 9.66. The zero-order valence-corrected chi connectivity index (χ0v) is 16.7. The highest BCUT2D eigenvalue weighted by molar-refractivity contribution is 5.97. The molecule has 7 nitrogen and oxygen atoms in total. The van der Waals surface area contributed by atoms with Crippen LogP contribution in [0.5, 0.6) is 5.75 Å². The van der Waals surface area contributed by atoms with Crippen LogP contribution in [0, 0.1) is 0 Å². The molecule has 2 N–H and O–H groups in total. The van der Waals surface area contributed by atoms with Crippen LogP contribution in [-0.4, -0.2) is 35.1 Å². The van der Waals surface area contributed by atoms with Crippen molar-refractivity contribution in [2.75, 3.05) is 7.11 Å². The summed E-state index contributed by atoms with van der Waals surface area (Å²) >= 11 is 0. The predicted octanol–water partition coefficient (Wildman–Crippen LogP) is 3.93. The Morgan fingerprint density at radius 1 is 1.06 bits per heavy atom. The van der Waals surface area contributed by atoms with Crippen LogP contribution in [0.3, 0.4) is 0 Å². The van der Waals surface area contributed by atoms with E-state index in [4.69, 9.17) is 9.15 Å². The van der Waals surface area contributed by atoms with Crippen LogP contribution >= 0.6 is 0 Å². The molecule has 0 radical (unpaired) electrons. The number of carboxylic acids is 1. The van der Waals surface area contributed by atoms with E-state index in [1.807, 2.05) is 36.4 Å². The number of ether oxygens (including phenoxy) is 1. The lowest BCUT2D eigenvalue weighted by molar-refractivity contribution is -0.139. The number of hydrogen-bond acceptors (Lipinski definition) is 5. The fourth-order valence-electron chi connectivity index (χ4n) is 3.21. The molecule has 0 aliphatic rings. The van der Waals surface area contributed by atoms with Crippen LogP contribution in [-0.2, 0) is 11.2 Å². The third-order valence-corrected chi connectivity index (χ3v) is 4.88. The minimum atomic E-state index is -1.09. The maximum absolute atomic E-state index is 12.6. The summed E-state index contributed by atoms with van der Waals surface area (Å²) in [4.78, 5) is 28.6. The molecule has 1 atom stereocenters. The Hall–Kier alpha value is -4.13. The van der Waals surface area contributed by atoms with Gasteiger partial charge in [-0.1, -0.05) is 30.3 Å². The molecule has 156 valence electrons. The smallest absolute Gasteiger partial charge is 0.326 e. The van der Waals surface area contributed by atoms with E-state index in [1.165, 1.54) is 0 Å². The monoisotopic (exact) mass is 416 g/mol. The number of benzene rings is 3. The molecule has 3 aromatic carbocycles. The van der Waals surface area contributed by atoms with Crippen molar-refractivity contribution in [3.05, 3.63) is 83.9 Å². The van der Waals surface area contributed by atoms with Gasteiger partial charge in [0.05, 0.1) is 7.11 Å². The molecular formula is C24H20N2O5. The number of rotatable bonds is 7. The lowest BCUT2D eigenvalue weighted by Gasteiger charge is -2.14. The Morgan fingerprint density at radius 2 is 1.81 bits per heavy atom. The molecule has 0 spiro atoms. The molecule has 1 aromatic heterocycles. The molecule has 0 unspecified atom stereocenters. The minimum absolute atomic E-state index is 0.201. The van der Waals surface area contributed by atoms with Gasteiger partial charge in [0.1, 0.15) is 17.3 Å². The Labute approximate surface area is 178 Å². The molecule has 4 rings (SSSR count). The molecule has 0 aliphatic heterocycles. The van der Waals surface area contributed by atoms with Crippen molar-refractivity contribution in [3.63, 3.8) is 0 Å². The Kier molecular flexibility index (Phi) is 5.66. The van der Waals surface area contributed by atoms with Gasteiger partial charge in [-0.2, -0.15) is 0 Å². The Bertz CT molecular complexity index is 1220. The van der Waals surface area contributed by atoms with Crippen LogP contribution in [0.1, 0.15) is 15.9 Å². The van der Waals surface area contributed by atoms with Crippen LogP contribution < -0.4 is 10.1 Å². The second-order valence-corrected chi connectivity index (χ2v) is 6.98. The van der Waals surface area contributed by atoms with E-state index >= 15 is 0 Å². The SMILES string of the molecule is COc1ccc2nc(-c3ccc(C(=O)N[C@@H](Cc4ccccc4)C(=O)O)cc3)oc2c1. The van der Waals surface area contributed by atoms with E-state index in [1.54, 1.807) is 43.5 Å². The molecule has 0 saturated carbocycles. The van der Waals surface area contributed by atoms with Gasteiger partial charge in [-0.05, 0) is 42.0 Å². The van der Waals surface area contributed by atoms with E-state index in [9.17, 15) is 14.7 Å². The van der Waals surface area contributed by atoms with Gasteiger partial charge in [0.2, 0.25) is 5.89 Å². The van der Waals surface area contributed by atoms with Crippen molar-refractivity contribution in [2.45, 2.75) is 12.5 Å². The molecule has 7 heteroatoms. The summed E-state index contributed by atoms with van der Waals surface area (Å²) in [5.41, 5.74) is 3.17. The van der Waals surface area contributed by atoms with Crippen molar-refractivity contribution in [2.24, 2.45) is 0 Å². The normalized spacial score (nSPS) is 11.8. The summed E-state index contributed by atoms with van der Waals surface area (Å²) in [7, 11) is 1.58. The third kappa shape index (κ3) is 4.56. The maximum Gasteiger partial charge on any atom is 0.326 e. The molecule has 0 saturated heterocycles. The molecule has 1 amide bonds. The summed E-state index contributed by atoms with van der Waals surface area (Å²) in [6, 6.07) is 20.2. The van der Waals surface area contributed by atoms with Crippen LogP contribution in [0.25, 0.3) is 22.6 Å². The van der Waals surface area contributed by atoms with Crippen LogP contribution in [0.2, 0.25) is 0 Å². The first-order valence-electron chi connectivity index (χ1n) is 9.66. The quantitative estimate of drug-likeness (QED) is 0.473. The number of amides is 1. The second kappa shape index (κ2) is 8.71. The first-order chi connectivity index (χ1) is 15.0. The number of nitrogens with one attached hydrogen (secondary N) is 1. The Morgan fingerprint density at radius 3 is 2.48 bits per heavy atom. The molecule has 0 bridgehead atoms. The van der Waals surface area contributed by atoms with Crippen molar-refractivity contribution in [3.8, 4) is 17.2 Å². The Balaban J connectivity index is 1.49. The molecule has 31 heavy (non-hydrogen) atoms. The second-order valence-electron chi connectivity index (χ2n) is 6.98. The number of oxazole rings is 1. The number of hydrogen-bond donors (Lipinski definition) is 2. The molecule has 0 aliphatic carbocycles. The average molecular weight is 416 g/mol. The fourth-order valence-corrected chi connectivity index (χ4v) is 3.21. The van der Waals surface area contributed by atoms with E-state index in [-0.39, 0.29) is 6.42 Å². The summed E-state index contributed by atoms with van der Waals surface area (Å²) in [6.07, 6.45) is 0.201. The van der Waals surface area contributed by atoms with Gasteiger partial charge in [-0.3, -0.25) is 4.79 Å². The largest absolute Gasteiger partial charge is 0.497 e. The molecule has 4 aromatic rings. The number of fused-ring (bicyclic) bond motifs is 1. The highest BCUT2D eigenvalue weighted by Crippen LogP contribution is 2.27. The standard InChI is InChI=1S/C24H20N2O5/c1-30-18-11-12-19-21(14-18)31-23(26-19)17-9-7-16(8-10-17)22(27)25-20(24(28)29)13-15-5-3-2-4-6-15/h2-12,14,20H,13H2,1H3,(H,25,27)(H,28,29)/t20-/m0/s1. The maximum atomic E-state index is 12.6. The van der Waals surface area contributed by atoms with Crippen molar-refractivity contribution >= 4 is 23.0 Å². The van der Waals surface area contributed by atoms with Gasteiger partial charge in [-0.15, -0.1) is 0 Å². The summed E-state index contributed by atoms with van der Waals surface area (Å²) in [5.74, 6) is -0.457. The number of aliphatic carboxylic acids is 1. The van der Waals surface area contributed by atoms with E-state index in [2.05, 4.69) is 10.3 Å². The van der Waals surface area contributed by atoms with Gasteiger partial charge in [0.25, 0.3) is 5.91 Å². The van der Waals surface area contributed by atoms with Crippen molar-refractivity contribution in [1.82, 2.24) is 10.3 Å². The van der Waals surface area contributed by atoms with Gasteiger partial charge >= 0.3 is 5.97 Å². The van der Waals surface area contributed by atoms with Gasteiger partial charge in [0.15, 0.2) is 5.58 Å². The number of aromatic nitrogens is 1. The number of methoxy groups -OCH3 is 1. The fraction of sp³-hybridized carbons (Fsp3) is 0.125. The predicted molar refractivity (Wildman–Crippen MR) is 115 cm³/mol. The minimum Gasteiger partial charge on any atom is -0.497 e. The highest BCUT2D eigenvalue weighted by Gasteiger charge is 2.21. The van der Waals surface area contributed by atoms with Crippen LogP contribution in [0.4, 0.5) is 0 Å². The number of nitrogens with zero attached hydrogens (tertiary/aromatic N) is 1. The van der Waals surface area contributed by atoms with Gasteiger partial charge in [0, 0.05) is 23.6 Å². The lowest BCUT2D eigenvalue weighted by atomic mass is 10.1. The van der Waals surface area contributed by atoms with Crippen molar-refractivity contribution < 1.29 is 23.8 Å². The van der Waals surface area contributed by atoms with Gasteiger partial charge in [-0.25, -0.2) is 9.78 Å². The van der Waals surface area contributed by atoms with E-state index < -0.39 is 17.9 Å². The zero-order valence-electron chi connectivity index (χ0n) is 16.7. The number of carbonyl (C=O) groups is 2. The number of carbonyl (C=O) groups excluding carboxylic acids is 1. The molecule has 1 heterocycles. The highest BCUT2D eigenvalue weighted by atomic mass is 16.5. The molecular weight excluding hydrogens is 396 g/mol. The zero-order chi connectivity index (χ0) is 21.8. The summed E-state index contributed by atoms with van der Waals surface area (Å²) < 4.78 is 11.0. The average Bonchev–Trinajstić information content (AvgIpc) is 3.22. The van der Waals surface area contributed by atoms with E-state index in [0.717, 1.165) is 5.56 Å². The van der Waals surface area contributed by atoms with Crippen LogP contribution in [0.15, 0.2) is 77.2 Å². The topological polar surface area (TPSA) is 102 Å². The first kappa shape index (κ1) is 20.2.